The molecule has 7 nitrogen and oxygen atoms in total. The molecule has 2 N–H and O–H groups in total. The van der Waals surface area contributed by atoms with Crippen molar-refractivity contribution in [1.29, 1.82) is 0 Å². The number of allylic oxidation sites excluding steroid dienone is 1. The molecular weight excluding hydrogens is 396 g/mol. The number of carbonyl (C=O) groups is 4. The van der Waals surface area contributed by atoms with Crippen LogP contribution in [0.3, 0.4) is 0 Å². The van der Waals surface area contributed by atoms with Gasteiger partial charge in [0.2, 0.25) is 5.91 Å². The Hall–Kier alpha value is -4.18. The molecule has 0 aromatic heterocycles. The summed E-state index contributed by atoms with van der Waals surface area (Å²) in [6.07, 6.45) is 4.26. The van der Waals surface area contributed by atoms with E-state index in [4.69, 9.17) is 0 Å². The Bertz CT molecular complexity index is 1010. The van der Waals surface area contributed by atoms with Crippen LogP contribution in [-0.4, -0.2) is 44.8 Å². The van der Waals surface area contributed by atoms with Crippen LogP contribution in [-0.2, 0) is 14.3 Å². The number of nitrogens with one attached hydrogen (secondary N) is 2. The first-order chi connectivity index (χ1) is 15.0. The Kier molecular flexibility index (Phi) is 8.74. The zero-order valence-corrected chi connectivity index (χ0v) is 17.2. The van der Waals surface area contributed by atoms with Gasteiger partial charge in [0.25, 0.3) is 5.91 Å². The van der Waals surface area contributed by atoms with Crippen LogP contribution in [0.1, 0.15) is 31.8 Å². The maximum atomic E-state index is 12.3. The lowest BCUT2D eigenvalue weighted by molar-refractivity contribution is -0.149. The van der Waals surface area contributed by atoms with E-state index in [0.717, 1.165) is 17.4 Å². The van der Waals surface area contributed by atoms with Gasteiger partial charge in [-0.15, -0.1) is 0 Å². The summed E-state index contributed by atoms with van der Waals surface area (Å²) < 4.78 is 4.59. The molecular formula is C24H22N2O5. The van der Waals surface area contributed by atoms with Crippen molar-refractivity contribution in [2.45, 2.75) is 0 Å². The number of hydrogen-bond donors (Lipinski definition) is 2. The van der Waals surface area contributed by atoms with Crippen molar-refractivity contribution < 1.29 is 23.9 Å². The molecule has 0 aliphatic rings. The highest BCUT2D eigenvalue weighted by Crippen LogP contribution is 2.07. The van der Waals surface area contributed by atoms with Crippen molar-refractivity contribution in [1.82, 2.24) is 10.6 Å². The summed E-state index contributed by atoms with van der Waals surface area (Å²) in [5, 5.41) is 4.93. The zero-order valence-electron chi connectivity index (χ0n) is 17.2. The Morgan fingerprint density at radius 2 is 1.68 bits per heavy atom. The number of benzene rings is 2. The second-order valence-corrected chi connectivity index (χ2v) is 6.36. The molecule has 0 fully saturated rings. The SMILES string of the molecule is CNC(=O)C(CNC(=O)c1ccc(/C=C/C#Cc2ccc(C=O)cc2)cc1)C(=O)OC. The van der Waals surface area contributed by atoms with E-state index in [0.29, 0.717) is 11.1 Å². The van der Waals surface area contributed by atoms with Gasteiger partial charge in [-0.1, -0.05) is 36.1 Å². The molecule has 0 heterocycles. The number of amides is 2. The van der Waals surface area contributed by atoms with Gasteiger partial charge in [0.05, 0.1) is 7.11 Å². The van der Waals surface area contributed by atoms with Gasteiger partial charge < -0.3 is 15.4 Å². The van der Waals surface area contributed by atoms with Crippen molar-refractivity contribution in [2.24, 2.45) is 5.92 Å². The van der Waals surface area contributed by atoms with Crippen LogP contribution < -0.4 is 10.6 Å². The van der Waals surface area contributed by atoms with E-state index in [1.54, 1.807) is 60.7 Å². The molecule has 2 aromatic carbocycles. The Morgan fingerprint density at radius 1 is 1.03 bits per heavy atom. The monoisotopic (exact) mass is 418 g/mol. The van der Waals surface area contributed by atoms with Gasteiger partial charge in [-0.05, 0) is 42.0 Å². The Morgan fingerprint density at radius 3 is 2.26 bits per heavy atom. The molecule has 2 rings (SSSR count). The summed E-state index contributed by atoms with van der Waals surface area (Å²) in [6, 6.07) is 13.7. The van der Waals surface area contributed by atoms with Crippen molar-refractivity contribution in [3.05, 3.63) is 76.9 Å². The predicted octanol–water partition coefficient (Wildman–Crippen LogP) is 1.83. The number of esters is 1. The van der Waals surface area contributed by atoms with E-state index in [2.05, 4.69) is 27.2 Å². The first kappa shape index (κ1) is 23.1. The van der Waals surface area contributed by atoms with E-state index >= 15 is 0 Å². The van der Waals surface area contributed by atoms with Gasteiger partial charge in [-0.2, -0.15) is 0 Å². The molecule has 2 amide bonds. The van der Waals surface area contributed by atoms with Crippen molar-refractivity contribution in [3.8, 4) is 11.8 Å². The van der Waals surface area contributed by atoms with Gasteiger partial charge >= 0.3 is 5.97 Å². The molecule has 7 heteroatoms. The average molecular weight is 418 g/mol. The topological polar surface area (TPSA) is 102 Å². The lowest BCUT2D eigenvalue weighted by Crippen LogP contribution is -2.42. The number of methoxy groups -OCH3 is 1. The van der Waals surface area contributed by atoms with Crippen LogP contribution in [0, 0.1) is 17.8 Å². The Labute approximate surface area is 180 Å². The molecule has 1 atom stereocenters. The fourth-order valence-corrected chi connectivity index (χ4v) is 2.55. The lowest BCUT2D eigenvalue weighted by atomic mass is 10.1. The maximum absolute atomic E-state index is 12.3. The van der Waals surface area contributed by atoms with E-state index < -0.39 is 23.7 Å². The standard InChI is InChI=1S/C24H22N2O5/c1-25-23(29)21(24(30)31-2)15-26-22(28)20-13-11-18(12-14-20)6-4-3-5-17-7-9-19(16-27)10-8-17/h4,6-14,16,21H,15H2,1-2H3,(H,25,29)(H,26,28)/b6-4+. The molecule has 0 spiro atoms. The molecule has 1 unspecified atom stereocenters. The third-order valence-electron chi connectivity index (χ3n) is 4.31. The summed E-state index contributed by atoms with van der Waals surface area (Å²) in [4.78, 5) is 46.4. The minimum atomic E-state index is -1.12. The van der Waals surface area contributed by atoms with Gasteiger partial charge in [0.1, 0.15) is 6.29 Å². The van der Waals surface area contributed by atoms with Gasteiger partial charge in [0, 0.05) is 30.3 Å². The second-order valence-electron chi connectivity index (χ2n) is 6.36. The van der Waals surface area contributed by atoms with Crippen LogP contribution in [0.5, 0.6) is 0 Å². The Balaban J connectivity index is 1.94. The minimum Gasteiger partial charge on any atom is -0.468 e. The molecule has 158 valence electrons. The highest BCUT2D eigenvalue weighted by molar-refractivity contribution is 5.99. The van der Waals surface area contributed by atoms with Crippen LogP contribution >= 0.6 is 0 Å². The molecule has 0 aliphatic carbocycles. The molecule has 0 bridgehead atoms. The summed E-state index contributed by atoms with van der Waals surface area (Å²) in [7, 11) is 2.58. The molecule has 2 aromatic rings. The van der Waals surface area contributed by atoms with Crippen molar-refractivity contribution >= 4 is 30.1 Å². The number of ether oxygens (including phenoxy) is 1. The molecule has 0 saturated carbocycles. The van der Waals surface area contributed by atoms with Crippen LogP contribution in [0.25, 0.3) is 6.08 Å². The number of aldehydes is 1. The lowest BCUT2D eigenvalue weighted by Gasteiger charge is -2.14. The highest BCUT2D eigenvalue weighted by atomic mass is 16.5. The zero-order chi connectivity index (χ0) is 22.6. The van der Waals surface area contributed by atoms with Crippen LogP contribution in [0.15, 0.2) is 54.6 Å². The van der Waals surface area contributed by atoms with Gasteiger partial charge in [-0.25, -0.2) is 0 Å². The van der Waals surface area contributed by atoms with Crippen LogP contribution in [0.4, 0.5) is 0 Å². The number of carbonyl (C=O) groups excluding carboxylic acids is 4. The average Bonchev–Trinajstić information content (AvgIpc) is 2.82. The summed E-state index contributed by atoms with van der Waals surface area (Å²) in [5.41, 5.74) is 2.63. The first-order valence-electron chi connectivity index (χ1n) is 9.39. The number of hydrogen-bond acceptors (Lipinski definition) is 5. The summed E-state index contributed by atoms with van der Waals surface area (Å²) >= 11 is 0. The van der Waals surface area contributed by atoms with Crippen molar-refractivity contribution in [3.63, 3.8) is 0 Å². The van der Waals surface area contributed by atoms with Gasteiger partial charge in [0.15, 0.2) is 5.92 Å². The van der Waals surface area contributed by atoms with E-state index in [1.807, 2.05) is 0 Å². The van der Waals surface area contributed by atoms with E-state index in [1.165, 1.54) is 14.2 Å². The largest absolute Gasteiger partial charge is 0.468 e. The third kappa shape index (κ3) is 6.98. The van der Waals surface area contributed by atoms with E-state index in [9.17, 15) is 19.2 Å². The predicted molar refractivity (Wildman–Crippen MR) is 116 cm³/mol. The second kappa shape index (κ2) is 11.7. The molecule has 0 radical (unpaired) electrons. The summed E-state index contributed by atoms with van der Waals surface area (Å²) in [5.74, 6) is 3.09. The number of rotatable bonds is 7. The fourth-order valence-electron chi connectivity index (χ4n) is 2.55. The normalized spacial score (nSPS) is 11.0. The smallest absolute Gasteiger partial charge is 0.320 e. The van der Waals surface area contributed by atoms with Crippen LogP contribution in [0.2, 0.25) is 0 Å². The quantitative estimate of drug-likeness (QED) is 0.309. The highest BCUT2D eigenvalue weighted by Gasteiger charge is 2.27. The molecule has 31 heavy (non-hydrogen) atoms. The maximum Gasteiger partial charge on any atom is 0.320 e. The summed E-state index contributed by atoms with van der Waals surface area (Å²) in [6.45, 7) is -0.170. The van der Waals surface area contributed by atoms with Crippen molar-refractivity contribution in [2.75, 3.05) is 20.7 Å². The first-order valence-corrected chi connectivity index (χ1v) is 9.39. The fraction of sp³-hybridized carbons (Fsp3) is 0.167. The third-order valence-corrected chi connectivity index (χ3v) is 4.31. The van der Waals surface area contributed by atoms with Gasteiger partial charge in [-0.3, -0.25) is 19.2 Å². The molecule has 0 aliphatic heterocycles. The molecule has 0 saturated heterocycles. The van der Waals surface area contributed by atoms with E-state index in [-0.39, 0.29) is 6.54 Å². The minimum absolute atomic E-state index is 0.170.